The molecule has 1 aromatic carbocycles. The number of aryl methyl sites for hydroxylation is 1. The van der Waals surface area contributed by atoms with Crippen molar-refractivity contribution in [3.63, 3.8) is 0 Å². The van der Waals surface area contributed by atoms with Gasteiger partial charge in [-0.25, -0.2) is 13.6 Å². The van der Waals surface area contributed by atoms with Crippen LogP contribution in [0.5, 0.6) is 0 Å². The summed E-state index contributed by atoms with van der Waals surface area (Å²) in [4.78, 5) is 22.9. The number of carbonyl (C=O) groups excluding carboxylic acids is 1. The normalized spacial score (nSPS) is 10.4. The number of hydrogen-bond acceptors (Lipinski definition) is 3. The Balaban J connectivity index is 2.24. The fourth-order valence-electron chi connectivity index (χ4n) is 1.74. The minimum Gasteiger partial charge on any atom is -0.478 e. The fourth-order valence-corrected chi connectivity index (χ4v) is 1.74. The summed E-state index contributed by atoms with van der Waals surface area (Å²) in [5.74, 6) is -4.94. The Kier molecular flexibility index (Phi) is 3.97. The van der Waals surface area contributed by atoms with Crippen LogP contribution in [-0.4, -0.2) is 27.2 Å². The van der Waals surface area contributed by atoms with E-state index in [4.69, 9.17) is 5.11 Å². The second kappa shape index (κ2) is 5.70. The zero-order valence-corrected chi connectivity index (χ0v) is 10.9. The molecule has 1 aromatic heterocycles. The van der Waals surface area contributed by atoms with Crippen LogP contribution in [0, 0.1) is 18.6 Å². The van der Waals surface area contributed by atoms with Gasteiger partial charge in [-0.2, -0.15) is 5.10 Å². The number of carboxylic acids is 1. The number of rotatable bonds is 4. The van der Waals surface area contributed by atoms with E-state index in [1.165, 1.54) is 6.20 Å². The van der Waals surface area contributed by atoms with Crippen molar-refractivity contribution in [3.8, 4) is 0 Å². The van der Waals surface area contributed by atoms with Gasteiger partial charge in [-0.3, -0.25) is 9.89 Å². The highest BCUT2D eigenvalue weighted by Crippen LogP contribution is 2.15. The molecule has 1 heterocycles. The average Bonchev–Trinajstić information content (AvgIpc) is 2.84. The lowest BCUT2D eigenvalue weighted by molar-refractivity contribution is 0.0690. The molecule has 0 bridgehead atoms. The topological polar surface area (TPSA) is 95.1 Å². The molecular weight excluding hydrogens is 284 g/mol. The van der Waals surface area contributed by atoms with Gasteiger partial charge >= 0.3 is 5.97 Å². The summed E-state index contributed by atoms with van der Waals surface area (Å²) < 4.78 is 26.3. The minimum atomic E-state index is -1.52. The third-order valence-electron chi connectivity index (χ3n) is 2.91. The van der Waals surface area contributed by atoms with Gasteiger partial charge in [0.15, 0.2) is 11.6 Å². The first kappa shape index (κ1) is 14.6. The molecule has 0 spiro atoms. The largest absolute Gasteiger partial charge is 0.478 e. The molecule has 0 saturated carbocycles. The van der Waals surface area contributed by atoms with Crippen molar-refractivity contribution in [3.05, 3.63) is 52.3 Å². The Bertz CT molecular complexity index is 713. The van der Waals surface area contributed by atoms with Gasteiger partial charge in [-0.05, 0) is 19.1 Å². The third kappa shape index (κ3) is 3.04. The molecule has 0 radical (unpaired) electrons. The Labute approximate surface area is 117 Å². The molecule has 0 aliphatic carbocycles. The van der Waals surface area contributed by atoms with Gasteiger partial charge in [-0.1, -0.05) is 0 Å². The maximum Gasteiger partial charge on any atom is 0.336 e. The lowest BCUT2D eigenvalue weighted by Crippen LogP contribution is -2.25. The lowest BCUT2D eigenvalue weighted by Gasteiger charge is -2.08. The molecule has 8 heteroatoms. The molecule has 0 fully saturated rings. The molecule has 110 valence electrons. The molecule has 6 nitrogen and oxygen atoms in total. The number of nitrogens with zero attached hydrogens (tertiary/aromatic N) is 1. The van der Waals surface area contributed by atoms with Crippen molar-refractivity contribution >= 4 is 11.9 Å². The maximum absolute atomic E-state index is 13.2. The first-order chi connectivity index (χ1) is 9.90. The summed E-state index contributed by atoms with van der Waals surface area (Å²) in [5, 5.41) is 17.8. The molecule has 0 aliphatic heterocycles. The Morgan fingerprint density at radius 2 is 1.90 bits per heavy atom. The summed E-state index contributed by atoms with van der Waals surface area (Å²) in [5.41, 5.74) is 0.389. The number of benzene rings is 1. The predicted octanol–water partition coefficient (Wildman–Crippen LogP) is 1.62. The van der Waals surface area contributed by atoms with E-state index < -0.39 is 34.6 Å². The summed E-state index contributed by atoms with van der Waals surface area (Å²) in [7, 11) is 0. The van der Waals surface area contributed by atoms with Crippen molar-refractivity contribution in [2.45, 2.75) is 13.5 Å². The van der Waals surface area contributed by atoms with E-state index in [0.717, 1.165) is 5.69 Å². The van der Waals surface area contributed by atoms with E-state index in [2.05, 4.69) is 15.5 Å². The van der Waals surface area contributed by atoms with Crippen LogP contribution in [0.1, 0.15) is 32.0 Å². The standard InChI is InChI=1S/C13H11F2N3O3/c1-6-7(5-17-18-6)4-16-12(19)8-2-10(14)11(15)3-9(8)13(20)21/h2-3,5H,4H2,1H3,(H,16,19)(H,17,18)(H,20,21). The molecule has 21 heavy (non-hydrogen) atoms. The van der Waals surface area contributed by atoms with E-state index in [9.17, 15) is 18.4 Å². The van der Waals surface area contributed by atoms with Crippen LogP contribution < -0.4 is 5.32 Å². The van der Waals surface area contributed by atoms with Crippen molar-refractivity contribution < 1.29 is 23.5 Å². The average molecular weight is 295 g/mol. The number of aromatic amines is 1. The third-order valence-corrected chi connectivity index (χ3v) is 2.91. The molecular formula is C13H11F2N3O3. The van der Waals surface area contributed by atoms with Crippen LogP contribution in [0.2, 0.25) is 0 Å². The molecule has 0 aliphatic rings. The van der Waals surface area contributed by atoms with Gasteiger partial charge in [-0.15, -0.1) is 0 Å². The number of carboxylic acid groups (broad SMARTS) is 1. The number of halogens is 2. The van der Waals surface area contributed by atoms with Crippen LogP contribution >= 0.6 is 0 Å². The van der Waals surface area contributed by atoms with Gasteiger partial charge in [0.05, 0.1) is 17.3 Å². The first-order valence-corrected chi connectivity index (χ1v) is 5.89. The number of nitrogens with one attached hydrogen (secondary N) is 2. The Morgan fingerprint density at radius 3 is 2.43 bits per heavy atom. The molecule has 0 atom stereocenters. The quantitative estimate of drug-likeness (QED) is 0.798. The Morgan fingerprint density at radius 1 is 1.29 bits per heavy atom. The number of amides is 1. The summed E-state index contributed by atoms with van der Waals surface area (Å²) in [6.45, 7) is 1.83. The van der Waals surface area contributed by atoms with Gasteiger partial charge in [0.2, 0.25) is 0 Å². The predicted molar refractivity (Wildman–Crippen MR) is 67.8 cm³/mol. The number of carbonyl (C=O) groups is 2. The summed E-state index contributed by atoms with van der Waals surface area (Å²) in [6, 6.07) is 1.05. The Hall–Kier alpha value is -2.77. The van der Waals surface area contributed by atoms with Crippen LogP contribution in [0.4, 0.5) is 8.78 Å². The molecule has 3 N–H and O–H groups in total. The van der Waals surface area contributed by atoms with Gasteiger partial charge in [0.1, 0.15) is 0 Å². The van der Waals surface area contributed by atoms with E-state index in [1.807, 2.05) is 0 Å². The van der Waals surface area contributed by atoms with Crippen LogP contribution in [0.25, 0.3) is 0 Å². The van der Waals surface area contributed by atoms with Crippen molar-refractivity contribution in [2.24, 2.45) is 0 Å². The number of aromatic carboxylic acids is 1. The van der Waals surface area contributed by atoms with E-state index >= 15 is 0 Å². The maximum atomic E-state index is 13.2. The minimum absolute atomic E-state index is 0.0826. The lowest BCUT2D eigenvalue weighted by atomic mass is 10.1. The summed E-state index contributed by atoms with van der Waals surface area (Å²) >= 11 is 0. The van der Waals surface area contributed by atoms with E-state index in [-0.39, 0.29) is 6.54 Å². The second-order valence-electron chi connectivity index (χ2n) is 4.32. The van der Waals surface area contributed by atoms with E-state index in [1.54, 1.807) is 6.92 Å². The second-order valence-corrected chi connectivity index (χ2v) is 4.32. The highest BCUT2D eigenvalue weighted by atomic mass is 19.2. The van der Waals surface area contributed by atoms with Crippen molar-refractivity contribution in [1.82, 2.24) is 15.5 Å². The first-order valence-electron chi connectivity index (χ1n) is 5.89. The van der Waals surface area contributed by atoms with Crippen LogP contribution in [0.15, 0.2) is 18.3 Å². The van der Waals surface area contributed by atoms with Crippen molar-refractivity contribution in [2.75, 3.05) is 0 Å². The number of H-pyrrole nitrogens is 1. The zero-order valence-electron chi connectivity index (χ0n) is 10.9. The highest BCUT2D eigenvalue weighted by molar-refractivity contribution is 6.04. The van der Waals surface area contributed by atoms with Gasteiger partial charge in [0.25, 0.3) is 5.91 Å². The van der Waals surface area contributed by atoms with Gasteiger partial charge in [0, 0.05) is 17.8 Å². The monoisotopic (exact) mass is 295 g/mol. The zero-order chi connectivity index (χ0) is 15.6. The van der Waals surface area contributed by atoms with Gasteiger partial charge < -0.3 is 10.4 Å². The fraction of sp³-hybridized carbons (Fsp3) is 0.154. The molecule has 1 amide bonds. The van der Waals surface area contributed by atoms with Crippen LogP contribution in [0.3, 0.4) is 0 Å². The van der Waals surface area contributed by atoms with Crippen molar-refractivity contribution in [1.29, 1.82) is 0 Å². The SMILES string of the molecule is Cc1[nH]ncc1CNC(=O)c1cc(F)c(F)cc1C(=O)O. The summed E-state index contributed by atoms with van der Waals surface area (Å²) in [6.07, 6.45) is 1.50. The molecule has 2 rings (SSSR count). The molecule has 2 aromatic rings. The molecule has 0 unspecified atom stereocenters. The van der Waals surface area contributed by atoms with Crippen LogP contribution in [-0.2, 0) is 6.54 Å². The molecule has 0 saturated heterocycles. The number of hydrogen-bond donors (Lipinski definition) is 3. The smallest absolute Gasteiger partial charge is 0.336 e. The highest BCUT2D eigenvalue weighted by Gasteiger charge is 2.20. The number of aromatic nitrogens is 2. The van der Waals surface area contributed by atoms with E-state index in [0.29, 0.717) is 17.7 Å².